The fraction of sp³-hybridized carbons (Fsp3) is 0.714. The van der Waals surface area contributed by atoms with Gasteiger partial charge < -0.3 is 5.32 Å². The molecule has 1 N–H and O–H groups in total. The topological polar surface area (TPSA) is 59.4 Å². The van der Waals surface area contributed by atoms with E-state index >= 15 is 0 Å². The second-order valence-corrected chi connectivity index (χ2v) is 5.40. The molecule has 19 heavy (non-hydrogen) atoms. The van der Waals surface area contributed by atoms with Gasteiger partial charge >= 0.3 is 0 Å². The molecule has 1 amide bonds. The summed E-state index contributed by atoms with van der Waals surface area (Å²) < 4.78 is 0. The Morgan fingerprint density at radius 2 is 2.05 bits per heavy atom. The molecule has 0 aromatic carbocycles. The first-order chi connectivity index (χ1) is 8.92. The monoisotopic (exact) mass is 264 g/mol. The molecule has 1 saturated heterocycles. The molecule has 0 aromatic heterocycles. The molecule has 0 radical (unpaired) electrons. The van der Waals surface area contributed by atoms with E-state index in [1.54, 1.807) is 6.08 Å². The van der Waals surface area contributed by atoms with Crippen LogP contribution < -0.4 is 5.32 Å². The van der Waals surface area contributed by atoms with E-state index in [0.717, 1.165) is 26.2 Å². The molecule has 1 aliphatic rings. The van der Waals surface area contributed by atoms with E-state index in [2.05, 4.69) is 27.8 Å². The number of nitrogens with zero attached hydrogens (tertiary/aromatic N) is 3. The summed E-state index contributed by atoms with van der Waals surface area (Å²) in [5, 5.41) is 11.9. The van der Waals surface area contributed by atoms with Crippen molar-refractivity contribution in [3.63, 3.8) is 0 Å². The Morgan fingerprint density at radius 3 is 2.53 bits per heavy atom. The minimum atomic E-state index is -0.430. The van der Waals surface area contributed by atoms with Crippen LogP contribution in [0.3, 0.4) is 0 Å². The van der Waals surface area contributed by atoms with Crippen molar-refractivity contribution in [1.82, 2.24) is 15.1 Å². The zero-order valence-electron chi connectivity index (χ0n) is 12.1. The second-order valence-electron chi connectivity index (χ2n) is 5.40. The molecular weight excluding hydrogens is 240 g/mol. The van der Waals surface area contributed by atoms with E-state index in [4.69, 9.17) is 5.26 Å². The standard InChI is InChI=1S/C14H24N4O/c1-5-6-16-13(19)12(2)17-7-9-18(10-8-17)14(3,4)11-15/h5,12H,1,6-10H2,2-4H3,(H,16,19). The molecule has 0 aliphatic carbocycles. The van der Waals surface area contributed by atoms with Crippen LogP contribution in [0.2, 0.25) is 0 Å². The van der Waals surface area contributed by atoms with Gasteiger partial charge in [0.05, 0.1) is 12.1 Å². The predicted octanol–water partition coefficient (Wildman–Crippen LogP) is 0.597. The molecule has 1 heterocycles. The van der Waals surface area contributed by atoms with Crippen LogP contribution in [0.15, 0.2) is 12.7 Å². The van der Waals surface area contributed by atoms with Gasteiger partial charge in [-0.1, -0.05) is 6.08 Å². The van der Waals surface area contributed by atoms with Crippen molar-refractivity contribution in [2.24, 2.45) is 0 Å². The van der Waals surface area contributed by atoms with Gasteiger partial charge in [0.1, 0.15) is 5.54 Å². The summed E-state index contributed by atoms with van der Waals surface area (Å²) in [6, 6.07) is 2.19. The Bertz CT molecular complexity index is 364. The van der Waals surface area contributed by atoms with Gasteiger partial charge in [-0.25, -0.2) is 0 Å². The molecule has 5 heteroatoms. The number of piperazine rings is 1. The largest absolute Gasteiger partial charge is 0.351 e. The Balaban J connectivity index is 2.48. The predicted molar refractivity (Wildman–Crippen MR) is 75.5 cm³/mol. The lowest BCUT2D eigenvalue weighted by molar-refractivity contribution is -0.126. The van der Waals surface area contributed by atoms with Gasteiger partial charge in [0, 0.05) is 32.7 Å². The lowest BCUT2D eigenvalue weighted by Gasteiger charge is -2.42. The number of hydrogen-bond donors (Lipinski definition) is 1. The molecule has 1 aliphatic heterocycles. The van der Waals surface area contributed by atoms with Crippen molar-refractivity contribution in [1.29, 1.82) is 5.26 Å². The number of nitrogens with one attached hydrogen (secondary N) is 1. The van der Waals surface area contributed by atoms with Crippen molar-refractivity contribution < 1.29 is 4.79 Å². The number of rotatable bonds is 5. The van der Waals surface area contributed by atoms with Crippen molar-refractivity contribution in [2.75, 3.05) is 32.7 Å². The van der Waals surface area contributed by atoms with Crippen molar-refractivity contribution in [2.45, 2.75) is 32.4 Å². The number of carbonyl (C=O) groups excluding carboxylic acids is 1. The summed E-state index contributed by atoms with van der Waals surface area (Å²) in [5.74, 6) is 0.0351. The van der Waals surface area contributed by atoms with Gasteiger partial charge in [0.2, 0.25) is 5.91 Å². The summed E-state index contributed by atoms with van der Waals surface area (Å²) in [4.78, 5) is 16.2. The zero-order valence-corrected chi connectivity index (χ0v) is 12.1. The highest BCUT2D eigenvalue weighted by Gasteiger charge is 2.32. The lowest BCUT2D eigenvalue weighted by atomic mass is 10.0. The average molecular weight is 264 g/mol. The third kappa shape index (κ3) is 4.05. The quantitative estimate of drug-likeness (QED) is 0.739. The molecule has 1 fully saturated rings. The van der Waals surface area contributed by atoms with Crippen molar-refractivity contribution >= 4 is 5.91 Å². The van der Waals surface area contributed by atoms with Crippen LogP contribution in [-0.4, -0.2) is 60.0 Å². The maximum Gasteiger partial charge on any atom is 0.237 e. The van der Waals surface area contributed by atoms with Crippen LogP contribution in [0.1, 0.15) is 20.8 Å². The van der Waals surface area contributed by atoms with Gasteiger partial charge in [-0.3, -0.25) is 14.6 Å². The van der Waals surface area contributed by atoms with Gasteiger partial charge in [-0.15, -0.1) is 6.58 Å². The third-order valence-electron chi connectivity index (χ3n) is 3.73. The molecule has 0 spiro atoms. The van der Waals surface area contributed by atoms with E-state index in [0.29, 0.717) is 6.54 Å². The molecule has 1 rings (SSSR count). The van der Waals surface area contributed by atoms with Gasteiger partial charge in [-0.05, 0) is 20.8 Å². The van der Waals surface area contributed by atoms with Gasteiger partial charge in [0.25, 0.3) is 0 Å². The van der Waals surface area contributed by atoms with Crippen molar-refractivity contribution in [3.05, 3.63) is 12.7 Å². The Labute approximate surface area is 115 Å². The van der Waals surface area contributed by atoms with Gasteiger partial charge in [-0.2, -0.15) is 5.26 Å². The Hall–Kier alpha value is -1.38. The first-order valence-corrected chi connectivity index (χ1v) is 6.71. The Morgan fingerprint density at radius 1 is 1.47 bits per heavy atom. The molecule has 1 unspecified atom stereocenters. The lowest BCUT2D eigenvalue weighted by Crippen LogP contribution is -2.58. The maximum absolute atomic E-state index is 11.9. The first-order valence-electron chi connectivity index (χ1n) is 6.71. The summed E-state index contributed by atoms with van der Waals surface area (Å²) in [7, 11) is 0. The van der Waals surface area contributed by atoms with Crippen LogP contribution in [0, 0.1) is 11.3 Å². The van der Waals surface area contributed by atoms with E-state index in [1.807, 2.05) is 20.8 Å². The third-order valence-corrected chi connectivity index (χ3v) is 3.73. The molecule has 5 nitrogen and oxygen atoms in total. The average Bonchev–Trinajstić information content (AvgIpc) is 2.44. The minimum Gasteiger partial charge on any atom is -0.351 e. The van der Waals surface area contributed by atoms with Crippen LogP contribution in [0.5, 0.6) is 0 Å². The smallest absolute Gasteiger partial charge is 0.237 e. The van der Waals surface area contributed by atoms with Crippen LogP contribution in [-0.2, 0) is 4.79 Å². The molecule has 1 atom stereocenters. The normalized spacial score (nSPS) is 19.5. The molecule has 0 saturated carbocycles. The number of hydrogen-bond acceptors (Lipinski definition) is 4. The molecule has 106 valence electrons. The first kappa shape index (κ1) is 15.7. The zero-order chi connectivity index (χ0) is 14.5. The number of nitriles is 1. The maximum atomic E-state index is 11.9. The summed E-state index contributed by atoms with van der Waals surface area (Å²) in [6.45, 7) is 13.1. The van der Waals surface area contributed by atoms with E-state index in [9.17, 15) is 4.79 Å². The summed E-state index contributed by atoms with van der Waals surface area (Å²) in [6.07, 6.45) is 1.68. The van der Waals surface area contributed by atoms with Crippen LogP contribution in [0.25, 0.3) is 0 Å². The molecule has 0 bridgehead atoms. The fourth-order valence-corrected chi connectivity index (χ4v) is 2.23. The highest BCUT2D eigenvalue weighted by atomic mass is 16.2. The number of amides is 1. The van der Waals surface area contributed by atoms with Crippen LogP contribution in [0.4, 0.5) is 0 Å². The minimum absolute atomic E-state index is 0.0351. The summed E-state index contributed by atoms with van der Waals surface area (Å²) in [5.41, 5.74) is -0.430. The van der Waals surface area contributed by atoms with Crippen molar-refractivity contribution in [3.8, 4) is 6.07 Å². The highest BCUT2D eigenvalue weighted by molar-refractivity contribution is 5.81. The summed E-state index contributed by atoms with van der Waals surface area (Å²) >= 11 is 0. The Kier molecular flexibility index (Phi) is 5.52. The van der Waals surface area contributed by atoms with E-state index in [-0.39, 0.29) is 11.9 Å². The molecular formula is C14H24N4O. The SMILES string of the molecule is C=CCNC(=O)C(C)N1CCN(C(C)(C)C#N)CC1. The number of carbonyl (C=O) groups is 1. The van der Waals surface area contributed by atoms with E-state index < -0.39 is 5.54 Å². The fourth-order valence-electron chi connectivity index (χ4n) is 2.23. The van der Waals surface area contributed by atoms with Crippen LogP contribution >= 0.6 is 0 Å². The van der Waals surface area contributed by atoms with E-state index in [1.165, 1.54) is 0 Å². The molecule has 0 aromatic rings. The second kappa shape index (κ2) is 6.69. The highest BCUT2D eigenvalue weighted by Crippen LogP contribution is 2.16. The van der Waals surface area contributed by atoms with Gasteiger partial charge in [0.15, 0.2) is 0 Å².